The Balaban J connectivity index is 1.74. The van der Waals surface area contributed by atoms with Gasteiger partial charge in [0, 0.05) is 19.0 Å². The second-order valence-corrected chi connectivity index (χ2v) is 7.06. The summed E-state index contributed by atoms with van der Waals surface area (Å²) in [6, 6.07) is 9.28. The number of carbonyl (C=O) groups is 1. The van der Waals surface area contributed by atoms with Crippen molar-refractivity contribution in [3.63, 3.8) is 0 Å². The van der Waals surface area contributed by atoms with Gasteiger partial charge in [-0.25, -0.2) is 4.79 Å². The predicted octanol–water partition coefficient (Wildman–Crippen LogP) is 2.87. The molecule has 0 amide bonds. The van der Waals surface area contributed by atoms with Crippen LogP contribution < -0.4 is 0 Å². The molecule has 1 aromatic carbocycles. The van der Waals surface area contributed by atoms with E-state index in [4.69, 9.17) is 4.74 Å². The van der Waals surface area contributed by atoms with Gasteiger partial charge in [0.25, 0.3) is 0 Å². The third-order valence-corrected chi connectivity index (χ3v) is 5.37. The molecule has 0 bridgehead atoms. The molecule has 0 saturated heterocycles. The van der Waals surface area contributed by atoms with Crippen LogP contribution in [-0.2, 0) is 15.1 Å². The van der Waals surface area contributed by atoms with Crippen LogP contribution in [0.2, 0.25) is 0 Å². The minimum absolute atomic E-state index is 0.0566. The number of esters is 1. The summed E-state index contributed by atoms with van der Waals surface area (Å²) in [5, 5.41) is 11.3. The zero-order valence-electron chi connectivity index (χ0n) is 14.4. The van der Waals surface area contributed by atoms with E-state index in [0.717, 1.165) is 50.8 Å². The van der Waals surface area contributed by atoms with Gasteiger partial charge in [-0.15, -0.1) is 0 Å². The highest BCUT2D eigenvalue weighted by atomic mass is 16.5. The molecule has 1 unspecified atom stereocenters. The predicted molar refractivity (Wildman–Crippen MR) is 93.5 cm³/mol. The van der Waals surface area contributed by atoms with E-state index in [9.17, 15) is 9.90 Å². The average Bonchev–Trinajstić information content (AvgIpc) is 3.16. The van der Waals surface area contributed by atoms with Crippen LogP contribution in [0.1, 0.15) is 37.7 Å². The minimum atomic E-state index is -1.52. The maximum Gasteiger partial charge on any atom is 0.343 e. The molecule has 4 heteroatoms. The molecule has 1 aliphatic heterocycles. The number of benzene rings is 1. The Labute approximate surface area is 144 Å². The molecule has 1 fully saturated rings. The van der Waals surface area contributed by atoms with Gasteiger partial charge in [0.2, 0.25) is 0 Å². The molecule has 1 atom stereocenters. The first-order valence-electron chi connectivity index (χ1n) is 8.92. The van der Waals surface area contributed by atoms with Crippen LogP contribution >= 0.6 is 0 Å². The lowest BCUT2D eigenvalue weighted by molar-refractivity contribution is -0.172. The molecule has 2 aliphatic rings. The summed E-state index contributed by atoms with van der Waals surface area (Å²) >= 11 is 0. The van der Waals surface area contributed by atoms with Crippen LogP contribution in [0.5, 0.6) is 0 Å². The topological polar surface area (TPSA) is 49.8 Å². The van der Waals surface area contributed by atoms with Gasteiger partial charge in [-0.3, -0.25) is 0 Å². The first kappa shape index (κ1) is 17.2. The number of hydrogen-bond donors (Lipinski definition) is 1. The normalized spacial score (nSPS) is 22.0. The third-order valence-electron chi connectivity index (χ3n) is 5.37. The number of ether oxygens (including phenoxy) is 1. The van der Waals surface area contributed by atoms with Crippen LogP contribution in [-0.4, -0.2) is 42.7 Å². The molecule has 0 aromatic heterocycles. The maximum atomic E-state index is 12.8. The smallest absolute Gasteiger partial charge is 0.343 e. The van der Waals surface area contributed by atoms with Crippen LogP contribution in [0, 0.1) is 5.92 Å². The molecule has 1 heterocycles. The van der Waals surface area contributed by atoms with Crippen molar-refractivity contribution in [3.05, 3.63) is 47.5 Å². The molecular formula is C20H27NO3. The summed E-state index contributed by atoms with van der Waals surface area (Å²) in [5.41, 5.74) is 0.270. The Kier molecular flexibility index (Phi) is 5.36. The van der Waals surface area contributed by atoms with E-state index < -0.39 is 11.6 Å². The van der Waals surface area contributed by atoms with Crippen molar-refractivity contribution >= 4 is 5.97 Å². The van der Waals surface area contributed by atoms with Crippen molar-refractivity contribution in [2.24, 2.45) is 5.92 Å². The molecule has 24 heavy (non-hydrogen) atoms. The number of hydrogen-bond acceptors (Lipinski definition) is 4. The van der Waals surface area contributed by atoms with Crippen molar-refractivity contribution < 1.29 is 14.6 Å². The zero-order chi connectivity index (χ0) is 17.0. The largest absolute Gasteiger partial charge is 0.459 e. The quantitative estimate of drug-likeness (QED) is 0.667. The van der Waals surface area contributed by atoms with E-state index in [2.05, 4.69) is 18.0 Å². The monoisotopic (exact) mass is 329 g/mol. The standard InChI is InChI=1S/C20H27NO3/c1-21-13-11-16(12-14-21)15-24-19(22)20(23,18-9-5-6-10-18)17-7-3-2-4-8-17/h2-4,7-8,11,18,23H,5-6,9-10,12-15H2,1H3. The molecule has 1 aliphatic carbocycles. The van der Waals surface area contributed by atoms with Crippen LogP contribution in [0.4, 0.5) is 0 Å². The first-order chi connectivity index (χ1) is 11.6. The SMILES string of the molecule is CN1CC=C(COC(=O)C(O)(c2ccccc2)C2CCCC2)CC1. The molecule has 0 radical (unpaired) electrons. The summed E-state index contributed by atoms with van der Waals surface area (Å²) in [5.74, 6) is -0.556. The second-order valence-electron chi connectivity index (χ2n) is 7.06. The lowest BCUT2D eigenvalue weighted by Crippen LogP contribution is -2.43. The summed E-state index contributed by atoms with van der Waals surface area (Å²) < 4.78 is 5.57. The maximum absolute atomic E-state index is 12.8. The van der Waals surface area contributed by atoms with Crippen molar-refractivity contribution in [2.75, 3.05) is 26.7 Å². The number of nitrogens with zero attached hydrogens (tertiary/aromatic N) is 1. The second kappa shape index (κ2) is 7.49. The Bertz CT molecular complexity index is 592. The highest BCUT2D eigenvalue weighted by molar-refractivity contribution is 5.81. The average molecular weight is 329 g/mol. The first-order valence-corrected chi connectivity index (χ1v) is 8.92. The van der Waals surface area contributed by atoms with Gasteiger partial charge in [-0.2, -0.15) is 0 Å². The van der Waals surface area contributed by atoms with E-state index in [-0.39, 0.29) is 12.5 Å². The van der Waals surface area contributed by atoms with E-state index in [0.29, 0.717) is 5.56 Å². The molecule has 0 spiro atoms. The lowest BCUT2D eigenvalue weighted by atomic mass is 9.80. The minimum Gasteiger partial charge on any atom is -0.459 e. The molecule has 1 saturated carbocycles. The molecular weight excluding hydrogens is 302 g/mol. The molecule has 3 rings (SSSR count). The van der Waals surface area contributed by atoms with Crippen molar-refractivity contribution in [1.29, 1.82) is 0 Å². The van der Waals surface area contributed by atoms with Crippen molar-refractivity contribution in [3.8, 4) is 0 Å². The fourth-order valence-corrected chi connectivity index (χ4v) is 3.77. The Morgan fingerprint density at radius 2 is 2.00 bits per heavy atom. The van der Waals surface area contributed by atoms with Crippen molar-refractivity contribution in [2.45, 2.75) is 37.7 Å². The number of rotatable bonds is 5. The zero-order valence-corrected chi connectivity index (χ0v) is 14.4. The van der Waals surface area contributed by atoms with E-state index in [1.165, 1.54) is 0 Å². The van der Waals surface area contributed by atoms with Crippen molar-refractivity contribution in [1.82, 2.24) is 4.90 Å². The summed E-state index contributed by atoms with van der Waals surface area (Å²) in [6.45, 7) is 2.15. The van der Waals surface area contributed by atoms with E-state index in [1.807, 2.05) is 30.3 Å². The molecule has 4 nitrogen and oxygen atoms in total. The number of carbonyl (C=O) groups excluding carboxylic acids is 1. The van der Waals surface area contributed by atoms with Crippen LogP contribution in [0.15, 0.2) is 42.0 Å². The Morgan fingerprint density at radius 3 is 2.62 bits per heavy atom. The number of aliphatic hydroxyl groups is 1. The summed E-state index contributed by atoms with van der Waals surface area (Å²) in [7, 11) is 2.08. The summed E-state index contributed by atoms with van der Waals surface area (Å²) in [4.78, 5) is 15.1. The fourth-order valence-electron chi connectivity index (χ4n) is 3.77. The van der Waals surface area contributed by atoms with Gasteiger partial charge >= 0.3 is 5.97 Å². The highest BCUT2D eigenvalue weighted by Gasteiger charge is 2.47. The Morgan fingerprint density at radius 1 is 1.29 bits per heavy atom. The van der Waals surface area contributed by atoms with Crippen LogP contribution in [0.3, 0.4) is 0 Å². The number of likely N-dealkylation sites (N-methyl/N-ethyl adjacent to an activating group) is 1. The molecule has 1 N–H and O–H groups in total. The van der Waals surface area contributed by atoms with Gasteiger partial charge in [0.1, 0.15) is 6.61 Å². The van der Waals surface area contributed by atoms with Gasteiger partial charge in [0.05, 0.1) is 0 Å². The van der Waals surface area contributed by atoms with Crippen LogP contribution in [0.25, 0.3) is 0 Å². The van der Waals surface area contributed by atoms with E-state index >= 15 is 0 Å². The van der Waals surface area contributed by atoms with Gasteiger partial charge in [-0.1, -0.05) is 49.2 Å². The third kappa shape index (κ3) is 3.55. The summed E-state index contributed by atoms with van der Waals surface area (Å²) in [6.07, 6.45) is 6.89. The van der Waals surface area contributed by atoms with Gasteiger partial charge < -0.3 is 14.7 Å². The molecule has 130 valence electrons. The molecule has 1 aromatic rings. The fraction of sp³-hybridized carbons (Fsp3) is 0.550. The highest BCUT2D eigenvalue weighted by Crippen LogP contribution is 2.41. The van der Waals surface area contributed by atoms with E-state index in [1.54, 1.807) is 0 Å². The Hall–Kier alpha value is -1.65. The lowest BCUT2D eigenvalue weighted by Gasteiger charge is -2.32. The van der Waals surface area contributed by atoms with Gasteiger partial charge in [-0.05, 0) is 37.4 Å². The van der Waals surface area contributed by atoms with Gasteiger partial charge in [0.15, 0.2) is 5.60 Å².